The first-order chi connectivity index (χ1) is 33.6. The zero-order valence-corrected chi connectivity index (χ0v) is 42.3. The number of rotatable bonds is 33. The molecule has 380 valence electrons. The Balaban J connectivity index is 0.781. The largest absolute Gasteiger partial charge is 0.433 e. The average Bonchev–Trinajstić information content (AvgIpc) is 3.66. The molecule has 14 heteroatoms. The Bertz CT molecular complexity index is 2020. The molecule has 1 atom stereocenters. The van der Waals surface area contributed by atoms with Crippen molar-refractivity contribution >= 4 is 29.1 Å². The van der Waals surface area contributed by atoms with Crippen molar-refractivity contribution in [3.05, 3.63) is 83.6 Å². The van der Waals surface area contributed by atoms with Crippen LogP contribution < -0.4 is 15.5 Å². The molecule has 0 radical (unpaired) electrons. The molecule has 0 saturated carbocycles. The Morgan fingerprint density at radius 2 is 1.25 bits per heavy atom. The van der Waals surface area contributed by atoms with E-state index in [1.165, 1.54) is 33.9 Å². The molecule has 2 N–H and O–H groups in total. The van der Waals surface area contributed by atoms with E-state index >= 15 is 0 Å². The van der Waals surface area contributed by atoms with E-state index in [2.05, 4.69) is 133 Å². The molecule has 2 aromatic carbocycles. The fourth-order valence-electron chi connectivity index (χ4n) is 8.88. The number of unbranched alkanes of at least 4 members (excludes halogenated alkanes) is 2. The van der Waals surface area contributed by atoms with E-state index in [0.29, 0.717) is 112 Å². The van der Waals surface area contributed by atoms with E-state index < -0.39 is 6.09 Å². The number of hydrogen-bond donors (Lipinski definition) is 2. The molecule has 14 nitrogen and oxygen atoms in total. The van der Waals surface area contributed by atoms with Gasteiger partial charge in [0.1, 0.15) is 7.05 Å². The lowest BCUT2D eigenvalue weighted by Crippen LogP contribution is -2.31. The predicted molar refractivity (Wildman–Crippen MR) is 271 cm³/mol. The van der Waals surface area contributed by atoms with Crippen molar-refractivity contribution in [2.75, 3.05) is 124 Å². The normalized spacial score (nSPS) is 17.6. The molecule has 0 saturated heterocycles. The van der Waals surface area contributed by atoms with Crippen LogP contribution in [-0.4, -0.2) is 148 Å². The number of para-hydroxylation sites is 2. The van der Waals surface area contributed by atoms with Gasteiger partial charge in [-0.25, -0.2) is 4.79 Å². The smallest absolute Gasteiger partial charge is 0.408 e. The number of allylic oxidation sites excluding steroid dienone is 4. The zero-order valence-electron chi connectivity index (χ0n) is 42.3. The molecule has 0 aromatic heterocycles. The quantitative estimate of drug-likeness (QED) is 0.0412. The van der Waals surface area contributed by atoms with Gasteiger partial charge in [0.25, 0.3) is 0 Å². The number of hydrogen-bond acceptors (Lipinski definition) is 11. The zero-order chi connectivity index (χ0) is 49.0. The highest BCUT2D eigenvalue weighted by Crippen LogP contribution is 2.48. The van der Waals surface area contributed by atoms with E-state index in [4.69, 9.17) is 37.9 Å². The molecule has 2 aliphatic heterocycles. The van der Waals surface area contributed by atoms with Gasteiger partial charge >= 0.3 is 6.09 Å². The standard InChI is InChI=1S/C55H80N4O10/c1-54(2)46-21-13-15-23-48(46)58(5)50(54)25-18-26-51-55(3,4)47-22-14-16-24-49(47)59(51)30-17-9-12-27-52(60)56-28-31-62-33-35-64-37-39-66-41-43-68-44-42-67-40-38-65-36-34-63-32-29-57-53(61)69-45-19-10-7-6-8-11-20-45/h13-16,18,21-26,45H,6-10,12,17,19,27-44H2,1-5H3,(H-,56,57,60,61)/p+1. The minimum Gasteiger partial charge on any atom is -0.433 e. The van der Waals surface area contributed by atoms with Crippen LogP contribution in [0.3, 0.4) is 0 Å². The number of benzene rings is 2. The van der Waals surface area contributed by atoms with E-state index in [0.717, 1.165) is 57.9 Å². The molecule has 1 aliphatic carbocycles. The van der Waals surface area contributed by atoms with Gasteiger partial charge in [0.2, 0.25) is 11.6 Å². The summed E-state index contributed by atoms with van der Waals surface area (Å²) in [7, 11) is 2.16. The monoisotopic (exact) mass is 958 g/mol. The van der Waals surface area contributed by atoms with Crippen molar-refractivity contribution in [2.45, 2.75) is 102 Å². The third-order valence-electron chi connectivity index (χ3n) is 12.6. The number of carbonyl (C=O) groups excluding carboxylic acids is 2. The first-order valence-corrected chi connectivity index (χ1v) is 25.3. The summed E-state index contributed by atoms with van der Waals surface area (Å²) in [5.74, 6) is 6.15. The molecule has 5 rings (SSSR count). The Morgan fingerprint density at radius 1 is 0.681 bits per heavy atom. The maximum Gasteiger partial charge on any atom is 0.408 e. The van der Waals surface area contributed by atoms with Crippen molar-refractivity contribution in [1.29, 1.82) is 0 Å². The summed E-state index contributed by atoms with van der Waals surface area (Å²) in [5.41, 5.74) is 7.64. The van der Waals surface area contributed by atoms with Gasteiger partial charge in [-0.1, -0.05) is 81.0 Å². The van der Waals surface area contributed by atoms with Crippen LogP contribution in [0.1, 0.15) is 96.6 Å². The molecule has 69 heavy (non-hydrogen) atoms. The van der Waals surface area contributed by atoms with Crippen LogP contribution in [0.5, 0.6) is 0 Å². The molecule has 3 aliphatic rings. The van der Waals surface area contributed by atoms with E-state index in [9.17, 15) is 9.59 Å². The number of amides is 2. The van der Waals surface area contributed by atoms with E-state index in [1.807, 2.05) is 0 Å². The highest BCUT2D eigenvalue weighted by molar-refractivity contribution is 6.03. The fourth-order valence-corrected chi connectivity index (χ4v) is 8.88. The summed E-state index contributed by atoms with van der Waals surface area (Å²) in [6.07, 6.45) is 14.3. The lowest BCUT2D eigenvalue weighted by atomic mass is 9.81. The Hall–Kier alpha value is -4.59. The summed E-state index contributed by atoms with van der Waals surface area (Å²) in [6.45, 7) is 17.4. The Morgan fingerprint density at radius 3 is 1.87 bits per heavy atom. The van der Waals surface area contributed by atoms with E-state index in [1.54, 1.807) is 0 Å². The third kappa shape index (κ3) is 18.6. The number of carbonyl (C=O) groups is 2. The number of fused-ring (bicyclic) bond motifs is 2. The SMILES string of the molecule is C[N+]1=C(/C=C/C=C2/N(CCCCCC(=O)NCCOCCOCCOCCOCCOCCOCCOCCNC(=O)OC3C#CCCCCC3)c3ccccc3C2(C)C)C(C)(C)c2ccccc21. The van der Waals surface area contributed by atoms with Crippen LogP contribution in [0.25, 0.3) is 0 Å². The summed E-state index contributed by atoms with van der Waals surface area (Å²) in [5, 5.41) is 5.68. The summed E-state index contributed by atoms with van der Waals surface area (Å²) in [6, 6.07) is 17.4. The molecular formula is C55H81N4O10+. The van der Waals surface area contributed by atoms with Crippen LogP contribution in [0, 0.1) is 11.8 Å². The second-order valence-electron chi connectivity index (χ2n) is 18.5. The van der Waals surface area contributed by atoms with Gasteiger partial charge < -0.3 is 53.4 Å². The van der Waals surface area contributed by atoms with Crippen LogP contribution in [0.2, 0.25) is 0 Å². The molecule has 2 aromatic rings. The minimum atomic E-state index is -0.457. The second-order valence-corrected chi connectivity index (χ2v) is 18.5. The van der Waals surface area contributed by atoms with Crippen molar-refractivity contribution in [2.24, 2.45) is 0 Å². The fraction of sp³-hybridized carbons (Fsp3) is 0.618. The van der Waals surface area contributed by atoms with Crippen LogP contribution in [-0.2, 0) is 53.5 Å². The average molecular weight is 958 g/mol. The number of anilines is 1. The number of nitrogens with one attached hydrogen (secondary N) is 2. The molecule has 0 bridgehead atoms. The molecule has 1 unspecified atom stereocenters. The van der Waals surface area contributed by atoms with Crippen LogP contribution in [0.4, 0.5) is 16.2 Å². The third-order valence-corrected chi connectivity index (χ3v) is 12.6. The second kappa shape index (κ2) is 30.9. The highest BCUT2D eigenvalue weighted by Gasteiger charge is 2.43. The van der Waals surface area contributed by atoms with Gasteiger partial charge in [0, 0.05) is 67.0 Å². The van der Waals surface area contributed by atoms with Crippen LogP contribution in [0.15, 0.2) is 72.5 Å². The van der Waals surface area contributed by atoms with Crippen molar-refractivity contribution in [3.8, 4) is 11.8 Å². The van der Waals surface area contributed by atoms with Crippen molar-refractivity contribution in [3.63, 3.8) is 0 Å². The van der Waals surface area contributed by atoms with Gasteiger partial charge in [-0.05, 0) is 63.7 Å². The first kappa shape index (κ1) is 55.3. The molecule has 0 spiro atoms. The maximum absolute atomic E-state index is 12.5. The van der Waals surface area contributed by atoms with Gasteiger partial charge in [-0.15, -0.1) is 0 Å². The Kier molecular flexibility index (Phi) is 24.8. The lowest BCUT2D eigenvalue weighted by Gasteiger charge is -2.27. The molecule has 0 fully saturated rings. The molecule has 2 amide bonds. The van der Waals surface area contributed by atoms with E-state index in [-0.39, 0.29) is 22.8 Å². The lowest BCUT2D eigenvalue weighted by molar-refractivity contribution is -0.401. The van der Waals surface area contributed by atoms with Crippen LogP contribution >= 0.6 is 0 Å². The predicted octanol–water partition coefficient (Wildman–Crippen LogP) is 7.79. The summed E-state index contributed by atoms with van der Waals surface area (Å²) >= 11 is 0. The number of nitrogens with zero attached hydrogens (tertiary/aromatic N) is 2. The van der Waals surface area contributed by atoms with Crippen molar-refractivity contribution < 1.29 is 52.1 Å². The van der Waals surface area contributed by atoms with Crippen molar-refractivity contribution in [1.82, 2.24) is 10.6 Å². The topological polar surface area (TPSA) is 138 Å². The first-order valence-electron chi connectivity index (χ1n) is 25.3. The number of ether oxygens (including phenoxy) is 8. The maximum atomic E-state index is 12.5. The summed E-state index contributed by atoms with van der Waals surface area (Å²) in [4.78, 5) is 27.0. The van der Waals surface area contributed by atoms with Gasteiger partial charge in [-0.2, -0.15) is 4.58 Å². The summed E-state index contributed by atoms with van der Waals surface area (Å²) < 4.78 is 46.5. The molecule has 2 heterocycles. The number of alkyl carbamates (subject to hydrolysis) is 1. The molecular weight excluding hydrogens is 877 g/mol. The highest BCUT2D eigenvalue weighted by atomic mass is 16.6. The van der Waals surface area contributed by atoms with Gasteiger partial charge in [0.05, 0.1) is 97.9 Å². The Labute approximate surface area is 412 Å². The van der Waals surface area contributed by atoms with Gasteiger partial charge in [-0.3, -0.25) is 4.79 Å². The minimum absolute atomic E-state index is 0.0593. The van der Waals surface area contributed by atoms with Gasteiger partial charge in [0.15, 0.2) is 11.8 Å².